The van der Waals surface area contributed by atoms with Crippen molar-refractivity contribution >= 4 is 0 Å². The van der Waals surface area contributed by atoms with Crippen LogP contribution in [0.5, 0.6) is 0 Å². The first-order valence-corrected chi connectivity index (χ1v) is 5.55. The van der Waals surface area contributed by atoms with Crippen LogP contribution in [0.2, 0.25) is 0 Å². The monoisotopic (exact) mass is 191 g/mol. The Hall–Kier alpha value is -0.820. The summed E-state index contributed by atoms with van der Waals surface area (Å²) in [6.07, 6.45) is 4.65. The standard InChI is InChI=1S/C13H21N/c1-3-12-8-11(2)9-13(10-12)6-4-5-7-14/h8-10H,3-7,14H2,1-2H3. The fourth-order valence-electron chi connectivity index (χ4n) is 1.77. The fraction of sp³-hybridized carbons (Fsp3) is 0.538. The van der Waals surface area contributed by atoms with Gasteiger partial charge in [0.25, 0.3) is 0 Å². The molecule has 0 amide bonds. The van der Waals surface area contributed by atoms with E-state index in [-0.39, 0.29) is 0 Å². The van der Waals surface area contributed by atoms with Crippen molar-refractivity contribution < 1.29 is 0 Å². The topological polar surface area (TPSA) is 26.0 Å². The summed E-state index contributed by atoms with van der Waals surface area (Å²) in [6.45, 7) is 5.19. The third kappa shape index (κ3) is 3.51. The molecular formula is C13H21N. The molecule has 1 rings (SSSR count). The molecule has 0 aliphatic rings. The Balaban J connectivity index is 2.62. The van der Waals surface area contributed by atoms with E-state index in [1.807, 2.05) is 0 Å². The van der Waals surface area contributed by atoms with Crippen LogP contribution in [0.3, 0.4) is 0 Å². The highest BCUT2D eigenvalue weighted by Gasteiger charge is 1.97. The smallest absolute Gasteiger partial charge is 0.00772 e. The first kappa shape index (κ1) is 11.3. The van der Waals surface area contributed by atoms with Crippen LogP contribution in [-0.4, -0.2) is 6.54 Å². The zero-order valence-electron chi connectivity index (χ0n) is 9.34. The van der Waals surface area contributed by atoms with Crippen molar-refractivity contribution in [1.29, 1.82) is 0 Å². The highest BCUT2D eigenvalue weighted by atomic mass is 14.5. The molecule has 0 saturated heterocycles. The van der Waals surface area contributed by atoms with Crippen LogP contribution in [0, 0.1) is 6.92 Å². The number of benzene rings is 1. The van der Waals surface area contributed by atoms with Crippen LogP contribution in [0.15, 0.2) is 18.2 Å². The lowest BCUT2D eigenvalue weighted by Crippen LogP contribution is -1.99. The third-order valence-electron chi connectivity index (χ3n) is 2.52. The van der Waals surface area contributed by atoms with Crippen LogP contribution in [0.4, 0.5) is 0 Å². The summed E-state index contributed by atoms with van der Waals surface area (Å²) in [5, 5.41) is 0. The Bertz CT molecular complexity index is 279. The van der Waals surface area contributed by atoms with E-state index < -0.39 is 0 Å². The lowest BCUT2D eigenvalue weighted by Gasteiger charge is -2.05. The van der Waals surface area contributed by atoms with Crippen LogP contribution < -0.4 is 5.73 Å². The molecule has 0 bridgehead atoms. The number of unbranched alkanes of at least 4 members (excludes halogenated alkanes) is 1. The third-order valence-corrected chi connectivity index (χ3v) is 2.52. The summed E-state index contributed by atoms with van der Waals surface area (Å²) >= 11 is 0. The Morgan fingerprint density at radius 1 is 1.07 bits per heavy atom. The molecule has 2 N–H and O–H groups in total. The predicted octanol–water partition coefficient (Wildman–Crippen LogP) is 2.84. The number of aryl methyl sites for hydroxylation is 3. The van der Waals surface area contributed by atoms with Crippen molar-refractivity contribution in [3.8, 4) is 0 Å². The Kier molecular flexibility index (Phi) is 4.68. The van der Waals surface area contributed by atoms with Gasteiger partial charge in [-0.25, -0.2) is 0 Å². The minimum atomic E-state index is 0.812. The number of rotatable bonds is 5. The first-order chi connectivity index (χ1) is 6.76. The fourth-order valence-corrected chi connectivity index (χ4v) is 1.77. The molecule has 0 fully saturated rings. The number of hydrogen-bond acceptors (Lipinski definition) is 1. The van der Waals surface area contributed by atoms with Gasteiger partial charge >= 0.3 is 0 Å². The van der Waals surface area contributed by atoms with E-state index in [1.54, 1.807) is 0 Å². The average Bonchev–Trinajstić information content (AvgIpc) is 2.17. The summed E-state index contributed by atoms with van der Waals surface area (Å²) in [4.78, 5) is 0. The van der Waals surface area contributed by atoms with Crippen molar-refractivity contribution in [2.75, 3.05) is 6.54 Å². The molecule has 0 aliphatic heterocycles. The zero-order valence-corrected chi connectivity index (χ0v) is 9.34. The highest BCUT2D eigenvalue weighted by Crippen LogP contribution is 2.12. The second-order valence-electron chi connectivity index (χ2n) is 3.93. The van der Waals surface area contributed by atoms with Crippen LogP contribution in [0.1, 0.15) is 36.5 Å². The summed E-state index contributed by atoms with van der Waals surface area (Å²) in [5.41, 5.74) is 9.78. The van der Waals surface area contributed by atoms with Gasteiger partial charge in [-0.3, -0.25) is 0 Å². The molecule has 0 unspecified atom stereocenters. The molecule has 0 aromatic heterocycles. The SMILES string of the molecule is CCc1cc(C)cc(CCCCN)c1. The van der Waals surface area contributed by atoms with Crippen LogP contribution in [-0.2, 0) is 12.8 Å². The van der Waals surface area contributed by atoms with Gasteiger partial charge in [0.15, 0.2) is 0 Å². The molecular weight excluding hydrogens is 170 g/mol. The van der Waals surface area contributed by atoms with E-state index in [0.29, 0.717) is 0 Å². The summed E-state index contributed by atoms with van der Waals surface area (Å²) in [6, 6.07) is 6.88. The quantitative estimate of drug-likeness (QED) is 0.712. The Morgan fingerprint density at radius 2 is 1.79 bits per heavy atom. The molecule has 0 atom stereocenters. The molecule has 0 aliphatic carbocycles. The Labute approximate surface area is 87.3 Å². The van der Waals surface area contributed by atoms with E-state index in [0.717, 1.165) is 19.4 Å². The van der Waals surface area contributed by atoms with E-state index in [1.165, 1.54) is 29.5 Å². The van der Waals surface area contributed by atoms with Gasteiger partial charge in [0.2, 0.25) is 0 Å². The van der Waals surface area contributed by atoms with Gasteiger partial charge in [0.05, 0.1) is 0 Å². The van der Waals surface area contributed by atoms with Gasteiger partial charge in [0, 0.05) is 0 Å². The molecule has 1 aromatic rings. The van der Waals surface area contributed by atoms with Gasteiger partial charge in [-0.1, -0.05) is 30.7 Å². The minimum absolute atomic E-state index is 0.812. The van der Waals surface area contributed by atoms with Crippen molar-refractivity contribution in [2.45, 2.75) is 39.5 Å². The first-order valence-electron chi connectivity index (χ1n) is 5.55. The van der Waals surface area contributed by atoms with Crippen molar-refractivity contribution in [1.82, 2.24) is 0 Å². The van der Waals surface area contributed by atoms with E-state index in [9.17, 15) is 0 Å². The molecule has 1 aromatic carbocycles. The molecule has 0 spiro atoms. The van der Waals surface area contributed by atoms with Gasteiger partial charge < -0.3 is 5.73 Å². The molecule has 78 valence electrons. The molecule has 0 saturated carbocycles. The van der Waals surface area contributed by atoms with Gasteiger partial charge in [-0.05, 0) is 50.3 Å². The molecule has 0 heterocycles. The summed E-state index contributed by atoms with van der Waals surface area (Å²) in [7, 11) is 0. The summed E-state index contributed by atoms with van der Waals surface area (Å²) in [5.74, 6) is 0. The molecule has 14 heavy (non-hydrogen) atoms. The number of hydrogen-bond donors (Lipinski definition) is 1. The van der Waals surface area contributed by atoms with Gasteiger partial charge in [-0.2, -0.15) is 0 Å². The van der Waals surface area contributed by atoms with E-state index in [4.69, 9.17) is 5.73 Å². The van der Waals surface area contributed by atoms with E-state index >= 15 is 0 Å². The lowest BCUT2D eigenvalue weighted by atomic mass is 10.0. The molecule has 1 nitrogen and oxygen atoms in total. The Morgan fingerprint density at radius 3 is 2.43 bits per heavy atom. The zero-order chi connectivity index (χ0) is 10.4. The van der Waals surface area contributed by atoms with Gasteiger partial charge in [-0.15, -0.1) is 0 Å². The highest BCUT2D eigenvalue weighted by molar-refractivity contribution is 5.29. The number of nitrogens with two attached hydrogens (primary N) is 1. The maximum absolute atomic E-state index is 5.48. The van der Waals surface area contributed by atoms with Gasteiger partial charge in [0.1, 0.15) is 0 Å². The van der Waals surface area contributed by atoms with Crippen molar-refractivity contribution in [3.63, 3.8) is 0 Å². The van der Waals surface area contributed by atoms with Crippen molar-refractivity contribution in [2.24, 2.45) is 5.73 Å². The molecule has 0 radical (unpaired) electrons. The maximum Gasteiger partial charge on any atom is -0.00772 e. The maximum atomic E-state index is 5.48. The normalized spacial score (nSPS) is 10.5. The second kappa shape index (κ2) is 5.82. The van der Waals surface area contributed by atoms with E-state index in [2.05, 4.69) is 32.0 Å². The van der Waals surface area contributed by atoms with Crippen LogP contribution >= 0.6 is 0 Å². The predicted molar refractivity (Wildman–Crippen MR) is 62.5 cm³/mol. The minimum Gasteiger partial charge on any atom is -0.330 e. The summed E-state index contributed by atoms with van der Waals surface area (Å²) < 4.78 is 0. The van der Waals surface area contributed by atoms with Crippen LogP contribution in [0.25, 0.3) is 0 Å². The lowest BCUT2D eigenvalue weighted by molar-refractivity contribution is 0.744. The van der Waals surface area contributed by atoms with Crippen molar-refractivity contribution in [3.05, 3.63) is 34.9 Å². The second-order valence-corrected chi connectivity index (χ2v) is 3.93. The average molecular weight is 191 g/mol. The molecule has 1 heteroatoms. The largest absolute Gasteiger partial charge is 0.330 e.